The minimum Gasteiger partial charge on any atom is -0.389 e. The molecule has 8 heteroatoms. The van der Waals surface area contributed by atoms with Crippen LogP contribution in [0.25, 0.3) is 5.57 Å². The van der Waals surface area contributed by atoms with Crippen molar-refractivity contribution < 1.29 is 13.1 Å². The first-order valence-corrected chi connectivity index (χ1v) is 9.61. The van der Waals surface area contributed by atoms with Crippen LogP contribution in [0.15, 0.2) is 57.3 Å². The summed E-state index contributed by atoms with van der Waals surface area (Å²) in [6.07, 6.45) is 3.40. The molecular formula is C16H10BBr3F2N2. The normalized spacial score (nSPS) is 18.2. The monoisotopic (exact) mass is 516 g/mol. The SMILES string of the molecule is Cc1c(Br)cccc1C1=C2C=CC(Br)=[N+]2[B-](F)(F)n2c(Br)ccc21. The van der Waals surface area contributed by atoms with E-state index in [4.69, 9.17) is 0 Å². The molecule has 0 radical (unpaired) electrons. The molecule has 2 aliphatic rings. The van der Waals surface area contributed by atoms with Crippen LogP contribution in [0.5, 0.6) is 0 Å². The highest BCUT2D eigenvalue weighted by Gasteiger charge is 2.54. The Labute approximate surface area is 163 Å². The van der Waals surface area contributed by atoms with E-state index >= 15 is 8.63 Å². The Morgan fingerprint density at radius 2 is 1.79 bits per heavy atom. The van der Waals surface area contributed by atoms with Gasteiger partial charge in [0.05, 0.1) is 10.2 Å². The van der Waals surface area contributed by atoms with Crippen LogP contribution in [0.1, 0.15) is 16.8 Å². The highest BCUT2D eigenvalue weighted by molar-refractivity contribution is 9.18. The summed E-state index contributed by atoms with van der Waals surface area (Å²) in [6.45, 7) is -2.00. The number of hydrogen-bond donors (Lipinski definition) is 0. The lowest BCUT2D eigenvalue weighted by Gasteiger charge is -2.32. The molecule has 0 unspecified atom stereocenters. The van der Waals surface area contributed by atoms with Crippen molar-refractivity contribution in [3.63, 3.8) is 0 Å². The van der Waals surface area contributed by atoms with Crippen molar-refractivity contribution in [3.05, 3.63) is 74.1 Å². The average Bonchev–Trinajstić information content (AvgIpc) is 3.09. The number of hydrogen-bond acceptors (Lipinski definition) is 0. The van der Waals surface area contributed by atoms with Crippen molar-refractivity contribution in [2.24, 2.45) is 0 Å². The van der Waals surface area contributed by atoms with E-state index in [0.29, 0.717) is 20.6 Å². The molecule has 0 bridgehead atoms. The van der Waals surface area contributed by atoms with Gasteiger partial charge in [0.15, 0.2) is 5.70 Å². The summed E-state index contributed by atoms with van der Waals surface area (Å²) in [5.41, 5.74) is 3.74. The summed E-state index contributed by atoms with van der Waals surface area (Å²) in [4.78, 5) is 0. The molecule has 1 aromatic carbocycles. The lowest BCUT2D eigenvalue weighted by molar-refractivity contribution is -0.358. The van der Waals surface area contributed by atoms with Crippen LogP contribution in [-0.4, -0.2) is 20.6 Å². The molecule has 2 nitrogen and oxygen atoms in total. The summed E-state index contributed by atoms with van der Waals surface area (Å²) in [6, 6.07) is 9.23. The van der Waals surface area contributed by atoms with E-state index in [1.54, 1.807) is 24.3 Å². The second-order valence-corrected chi connectivity index (χ2v) is 8.18. The number of aromatic nitrogens is 1. The van der Waals surface area contributed by atoms with E-state index in [-0.39, 0.29) is 0 Å². The Hall–Kier alpha value is -0.985. The van der Waals surface area contributed by atoms with Gasteiger partial charge in [-0.15, -0.1) is 0 Å². The maximum Gasteiger partial charge on any atom is 0.738 e. The average molecular weight is 519 g/mol. The first-order valence-electron chi connectivity index (χ1n) is 7.23. The number of halogens is 5. The minimum atomic E-state index is -3.98. The Balaban J connectivity index is 2.15. The minimum absolute atomic E-state index is 0.360. The van der Waals surface area contributed by atoms with Crippen molar-refractivity contribution >= 4 is 65.0 Å². The molecule has 122 valence electrons. The van der Waals surface area contributed by atoms with E-state index in [2.05, 4.69) is 47.8 Å². The second kappa shape index (κ2) is 5.51. The lowest BCUT2D eigenvalue weighted by Crippen LogP contribution is -2.50. The fraction of sp³-hybridized carbons (Fsp3) is 0.0625. The third kappa shape index (κ3) is 2.12. The van der Waals surface area contributed by atoms with Gasteiger partial charge in [0.1, 0.15) is 0 Å². The Morgan fingerprint density at radius 3 is 2.54 bits per heavy atom. The molecule has 0 N–H and O–H groups in total. The predicted octanol–water partition coefficient (Wildman–Crippen LogP) is 5.69. The smallest absolute Gasteiger partial charge is 0.389 e. The van der Waals surface area contributed by atoms with Gasteiger partial charge < -0.3 is 17.6 Å². The van der Waals surface area contributed by atoms with Crippen LogP contribution < -0.4 is 0 Å². The molecule has 0 saturated heterocycles. The van der Waals surface area contributed by atoms with E-state index in [9.17, 15) is 0 Å². The third-order valence-corrected chi connectivity index (χ3v) is 6.56. The van der Waals surface area contributed by atoms with Gasteiger partial charge in [0.2, 0.25) is 4.62 Å². The van der Waals surface area contributed by atoms with Crippen molar-refractivity contribution in [1.29, 1.82) is 0 Å². The molecule has 2 aromatic rings. The molecule has 0 spiro atoms. The van der Waals surface area contributed by atoms with Gasteiger partial charge in [-0.2, -0.15) is 0 Å². The quantitative estimate of drug-likeness (QED) is 0.429. The molecular weight excluding hydrogens is 509 g/mol. The van der Waals surface area contributed by atoms with Crippen LogP contribution in [0.4, 0.5) is 8.63 Å². The van der Waals surface area contributed by atoms with E-state index in [1.165, 1.54) is 0 Å². The van der Waals surface area contributed by atoms with E-state index in [0.717, 1.165) is 30.1 Å². The molecule has 4 rings (SSSR count). The second-order valence-electron chi connectivity index (χ2n) is 5.70. The highest BCUT2D eigenvalue weighted by atomic mass is 79.9. The largest absolute Gasteiger partial charge is 0.738 e. The Bertz CT molecular complexity index is 989. The molecule has 0 saturated carbocycles. The van der Waals surface area contributed by atoms with Gasteiger partial charge in [0.25, 0.3) is 0 Å². The summed E-state index contributed by atoms with van der Waals surface area (Å²) in [7, 11) is 0. The van der Waals surface area contributed by atoms with Crippen LogP contribution in [-0.2, 0) is 0 Å². The Kier molecular flexibility index (Phi) is 3.78. The summed E-state index contributed by atoms with van der Waals surface area (Å²) >= 11 is 10.1. The number of nitrogens with zero attached hydrogens (tertiary/aromatic N) is 2. The molecule has 0 atom stereocenters. The van der Waals surface area contributed by atoms with Crippen LogP contribution in [0.2, 0.25) is 0 Å². The maximum atomic E-state index is 15.2. The zero-order valence-corrected chi connectivity index (χ0v) is 17.2. The van der Waals surface area contributed by atoms with Gasteiger partial charge >= 0.3 is 6.97 Å². The van der Waals surface area contributed by atoms with Crippen LogP contribution >= 0.6 is 47.8 Å². The summed E-state index contributed by atoms with van der Waals surface area (Å²) in [5.74, 6) is 0. The number of benzene rings is 1. The maximum absolute atomic E-state index is 15.2. The van der Waals surface area contributed by atoms with Crippen molar-refractivity contribution in [2.45, 2.75) is 6.92 Å². The van der Waals surface area contributed by atoms with Crippen LogP contribution in [0, 0.1) is 6.92 Å². The fourth-order valence-electron chi connectivity index (χ4n) is 3.29. The van der Waals surface area contributed by atoms with Crippen LogP contribution in [0.3, 0.4) is 0 Å². The summed E-state index contributed by atoms with van der Waals surface area (Å²) < 4.78 is 34.1. The van der Waals surface area contributed by atoms with Gasteiger partial charge in [-0.3, -0.25) is 0 Å². The third-order valence-electron chi connectivity index (χ3n) is 4.41. The zero-order valence-electron chi connectivity index (χ0n) is 12.4. The van der Waals surface area contributed by atoms with E-state index < -0.39 is 6.97 Å². The molecule has 2 aliphatic heterocycles. The van der Waals surface area contributed by atoms with Gasteiger partial charge in [-0.25, -0.2) is 0 Å². The van der Waals surface area contributed by atoms with Crippen molar-refractivity contribution in [2.75, 3.05) is 0 Å². The topological polar surface area (TPSA) is 7.94 Å². The Morgan fingerprint density at radius 1 is 1.04 bits per heavy atom. The molecule has 0 fully saturated rings. The van der Waals surface area contributed by atoms with E-state index in [1.807, 2.05) is 25.1 Å². The first kappa shape index (κ1) is 16.5. The first-order chi connectivity index (χ1) is 11.3. The molecule has 24 heavy (non-hydrogen) atoms. The molecule has 0 aliphatic carbocycles. The lowest BCUT2D eigenvalue weighted by atomic mass is 9.85. The van der Waals surface area contributed by atoms with Gasteiger partial charge in [0, 0.05) is 38.2 Å². The zero-order chi connectivity index (χ0) is 17.2. The van der Waals surface area contributed by atoms with Gasteiger partial charge in [-0.05, 0) is 52.2 Å². The number of allylic oxidation sites excluding steroid dienone is 2. The highest BCUT2D eigenvalue weighted by Crippen LogP contribution is 2.43. The van der Waals surface area contributed by atoms with Crippen molar-refractivity contribution in [1.82, 2.24) is 4.48 Å². The standard InChI is InChI=1S/C16H10BBr3F2N2/c1-9-10(3-2-4-11(9)18)16-12-5-7-14(19)23(12)17(21,22)24-13(16)6-8-15(24)20/h2-8H,1H3. The van der Waals surface area contributed by atoms with Gasteiger partial charge in [-0.1, -0.05) is 28.1 Å². The molecule has 0 amide bonds. The molecule has 3 heterocycles. The molecule has 1 aromatic heterocycles. The summed E-state index contributed by atoms with van der Waals surface area (Å²) in [5, 5.41) is 0. The fourth-order valence-corrected chi connectivity index (χ4v) is 4.79. The predicted molar refractivity (Wildman–Crippen MR) is 104 cm³/mol. The van der Waals surface area contributed by atoms with Crippen molar-refractivity contribution in [3.8, 4) is 0 Å². The number of rotatable bonds is 1. The number of fused-ring (bicyclic) bond motifs is 2.